The van der Waals surface area contributed by atoms with E-state index >= 15 is 0 Å². The van der Waals surface area contributed by atoms with Gasteiger partial charge >= 0.3 is 0 Å². The fourth-order valence-electron chi connectivity index (χ4n) is 2.81. The number of ether oxygens (including phenoxy) is 1. The molecule has 1 N–H and O–H groups in total. The third kappa shape index (κ3) is 2.38. The molecule has 3 rings (SSSR count). The van der Waals surface area contributed by atoms with Crippen molar-refractivity contribution < 1.29 is 4.74 Å². The average molecular weight is 246 g/mol. The zero-order chi connectivity index (χ0) is 12.6. The predicted molar refractivity (Wildman–Crippen MR) is 72.7 cm³/mol. The van der Waals surface area contributed by atoms with E-state index in [1.807, 2.05) is 0 Å². The van der Waals surface area contributed by atoms with Crippen LogP contribution in [0.1, 0.15) is 30.9 Å². The number of likely N-dealkylation sites (tertiary alicyclic amines) is 1. The lowest BCUT2D eigenvalue weighted by Gasteiger charge is -2.38. The number of hydrogen-bond donors (Lipinski definition) is 1. The summed E-state index contributed by atoms with van der Waals surface area (Å²) in [6, 6.07) is 6.53. The molecule has 98 valence electrons. The average Bonchev–Trinajstić information content (AvgIpc) is 2.81. The molecule has 2 aliphatic heterocycles. The minimum absolute atomic E-state index is 0.00673. The standard InChI is InChI=1S/C15H22N2O/c1-15(5-7-17(2)8-6-15)18-14-4-3-12-10-16-11-13(12)9-14/h3-4,9,16H,5-8,10-11H2,1-2H3. The number of rotatable bonds is 2. The van der Waals surface area contributed by atoms with Crippen molar-refractivity contribution in [3.8, 4) is 5.75 Å². The number of nitrogens with one attached hydrogen (secondary N) is 1. The van der Waals surface area contributed by atoms with Gasteiger partial charge in [0.05, 0.1) is 0 Å². The Labute approximate surface area is 109 Å². The smallest absolute Gasteiger partial charge is 0.120 e. The molecule has 0 aliphatic carbocycles. The first kappa shape index (κ1) is 12.0. The summed E-state index contributed by atoms with van der Waals surface area (Å²) in [6.07, 6.45) is 2.22. The highest BCUT2D eigenvalue weighted by Crippen LogP contribution is 2.30. The van der Waals surface area contributed by atoms with Crippen molar-refractivity contribution in [2.75, 3.05) is 20.1 Å². The Bertz CT molecular complexity index is 436. The molecule has 0 amide bonds. The van der Waals surface area contributed by atoms with Crippen molar-refractivity contribution >= 4 is 0 Å². The quantitative estimate of drug-likeness (QED) is 0.865. The first-order valence-corrected chi connectivity index (χ1v) is 6.85. The molecule has 18 heavy (non-hydrogen) atoms. The van der Waals surface area contributed by atoms with Gasteiger partial charge in [-0.15, -0.1) is 0 Å². The second kappa shape index (κ2) is 4.56. The van der Waals surface area contributed by atoms with Crippen LogP contribution in [0.2, 0.25) is 0 Å². The van der Waals surface area contributed by atoms with Crippen molar-refractivity contribution in [1.29, 1.82) is 0 Å². The summed E-state index contributed by atoms with van der Waals surface area (Å²) < 4.78 is 6.26. The summed E-state index contributed by atoms with van der Waals surface area (Å²) in [5, 5.41) is 3.37. The van der Waals surface area contributed by atoms with Crippen LogP contribution < -0.4 is 10.1 Å². The summed E-state index contributed by atoms with van der Waals surface area (Å²) in [6.45, 7) is 6.47. The lowest BCUT2D eigenvalue weighted by molar-refractivity contribution is 0.0240. The van der Waals surface area contributed by atoms with Gasteiger partial charge in [-0.05, 0) is 50.1 Å². The second-order valence-electron chi connectivity index (χ2n) is 5.89. The Morgan fingerprint density at radius 3 is 2.67 bits per heavy atom. The molecule has 0 unspecified atom stereocenters. The van der Waals surface area contributed by atoms with Crippen LogP contribution in [-0.2, 0) is 13.1 Å². The fourth-order valence-corrected chi connectivity index (χ4v) is 2.81. The summed E-state index contributed by atoms with van der Waals surface area (Å²) in [5.41, 5.74) is 2.81. The topological polar surface area (TPSA) is 24.5 Å². The monoisotopic (exact) mass is 246 g/mol. The van der Waals surface area contributed by atoms with Crippen molar-refractivity contribution in [3.05, 3.63) is 29.3 Å². The molecule has 2 aliphatic rings. The van der Waals surface area contributed by atoms with E-state index in [9.17, 15) is 0 Å². The van der Waals surface area contributed by atoms with Gasteiger partial charge in [0.2, 0.25) is 0 Å². The van der Waals surface area contributed by atoms with Crippen LogP contribution >= 0.6 is 0 Å². The SMILES string of the molecule is CN1CCC(C)(Oc2ccc3c(c2)CNC3)CC1. The van der Waals surface area contributed by atoms with E-state index in [2.05, 4.69) is 42.4 Å². The maximum Gasteiger partial charge on any atom is 0.120 e. The Morgan fingerprint density at radius 2 is 1.89 bits per heavy atom. The van der Waals surface area contributed by atoms with Crippen LogP contribution in [0.4, 0.5) is 0 Å². The molecule has 1 fully saturated rings. The lowest BCUT2D eigenvalue weighted by Crippen LogP contribution is -2.44. The number of piperidine rings is 1. The van der Waals surface area contributed by atoms with Gasteiger partial charge in [-0.25, -0.2) is 0 Å². The van der Waals surface area contributed by atoms with Gasteiger partial charge in [-0.3, -0.25) is 0 Å². The van der Waals surface area contributed by atoms with Gasteiger partial charge in [0, 0.05) is 26.2 Å². The van der Waals surface area contributed by atoms with Gasteiger partial charge in [-0.1, -0.05) is 6.07 Å². The van der Waals surface area contributed by atoms with Crippen molar-refractivity contribution in [2.24, 2.45) is 0 Å². The first-order valence-electron chi connectivity index (χ1n) is 6.85. The third-order valence-electron chi connectivity index (χ3n) is 4.22. The molecular formula is C15H22N2O. The largest absolute Gasteiger partial charge is 0.487 e. The second-order valence-corrected chi connectivity index (χ2v) is 5.89. The van der Waals surface area contributed by atoms with Crippen molar-refractivity contribution in [2.45, 2.75) is 38.5 Å². The van der Waals surface area contributed by atoms with Crippen LogP contribution in [0.15, 0.2) is 18.2 Å². The van der Waals surface area contributed by atoms with Crippen LogP contribution in [0, 0.1) is 0 Å². The van der Waals surface area contributed by atoms with E-state index in [0.29, 0.717) is 0 Å². The van der Waals surface area contributed by atoms with Crippen molar-refractivity contribution in [1.82, 2.24) is 10.2 Å². The Hall–Kier alpha value is -1.06. The van der Waals surface area contributed by atoms with E-state index in [1.54, 1.807) is 0 Å². The normalized spacial score (nSPS) is 22.8. The van der Waals surface area contributed by atoms with Gasteiger partial charge in [0.25, 0.3) is 0 Å². The van der Waals surface area contributed by atoms with E-state index in [0.717, 1.165) is 44.8 Å². The summed E-state index contributed by atoms with van der Waals surface area (Å²) in [7, 11) is 2.18. The molecule has 1 saturated heterocycles. The molecule has 0 atom stereocenters. The highest BCUT2D eigenvalue weighted by atomic mass is 16.5. The molecule has 3 heteroatoms. The highest BCUT2D eigenvalue weighted by molar-refractivity contribution is 5.38. The highest BCUT2D eigenvalue weighted by Gasteiger charge is 2.31. The van der Waals surface area contributed by atoms with E-state index < -0.39 is 0 Å². The minimum Gasteiger partial charge on any atom is -0.487 e. The molecule has 3 nitrogen and oxygen atoms in total. The molecule has 0 radical (unpaired) electrons. The molecule has 0 aromatic heterocycles. The Kier molecular flexibility index (Phi) is 3.04. The van der Waals surface area contributed by atoms with Gasteiger partial charge in [-0.2, -0.15) is 0 Å². The Balaban J connectivity index is 1.72. The molecule has 0 saturated carbocycles. The fraction of sp³-hybridized carbons (Fsp3) is 0.600. The van der Waals surface area contributed by atoms with E-state index in [4.69, 9.17) is 4.74 Å². The summed E-state index contributed by atoms with van der Waals surface area (Å²) in [5.74, 6) is 1.03. The molecular weight excluding hydrogens is 224 g/mol. The van der Waals surface area contributed by atoms with Crippen molar-refractivity contribution in [3.63, 3.8) is 0 Å². The maximum absolute atomic E-state index is 6.26. The van der Waals surface area contributed by atoms with Crippen LogP contribution in [0.5, 0.6) is 5.75 Å². The Morgan fingerprint density at radius 1 is 1.17 bits per heavy atom. The number of fused-ring (bicyclic) bond motifs is 1. The lowest BCUT2D eigenvalue weighted by atomic mass is 9.93. The number of nitrogens with zero attached hydrogens (tertiary/aromatic N) is 1. The van der Waals surface area contributed by atoms with Crippen LogP contribution in [0.3, 0.4) is 0 Å². The minimum atomic E-state index is 0.00673. The third-order valence-corrected chi connectivity index (χ3v) is 4.22. The van der Waals surface area contributed by atoms with Gasteiger partial charge in [0.15, 0.2) is 0 Å². The van der Waals surface area contributed by atoms with Gasteiger partial charge < -0.3 is 15.0 Å². The van der Waals surface area contributed by atoms with Gasteiger partial charge in [0.1, 0.15) is 11.4 Å². The van der Waals surface area contributed by atoms with E-state index in [-0.39, 0.29) is 5.60 Å². The van der Waals surface area contributed by atoms with Crippen LogP contribution in [0.25, 0.3) is 0 Å². The molecule has 1 aromatic carbocycles. The zero-order valence-electron chi connectivity index (χ0n) is 11.3. The zero-order valence-corrected chi connectivity index (χ0v) is 11.3. The van der Waals surface area contributed by atoms with Crippen LogP contribution in [-0.4, -0.2) is 30.6 Å². The molecule has 2 heterocycles. The predicted octanol–water partition coefficient (Wildman–Crippen LogP) is 2.15. The first-order chi connectivity index (χ1) is 8.65. The molecule has 0 spiro atoms. The summed E-state index contributed by atoms with van der Waals surface area (Å²) in [4.78, 5) is 2.37. The van der Waals surface area contributed by atoms with E-state index in [1.165, 1.54) is 11.1 Å². The molecule has 0 bridgehead atoms. The number of benzene rings is 1. The molecule has 1 aromatic rings. The number of hydrogen-bond acceptors (Lipinski definition) is 3. The summed E-state index contributed by atoms with van der Waals surface area (Å²) >= 11 is 0. The maximum atomic E-state index is 6.26.